The lowest BCUT2D eigenvalue weighted by Gasteiger charge is -2.15. The number of ether oxygens (including phenoxy) is 1. The van der Waals surface area contributed by atoms with E-state index < -0.39 is 23.4 Å². The first kappa shape index (κ1) is 21.8. The molecule has 162 valence electrons. The van der Waals surface area contributed by atoms with E-state index in [0.717, 1.165) is 6.20 Å². The molecule has 0 aliphatic heterocycles. The van der Waals surface area contributed by atoms with Gasteiger partial charge in [-0.1, -0.05) is 12.1 Å². The largest absolute Gasteiger partial charge is 0.462 e. The van der Waals surface area contributed by atoms with Gasteiger partial charge in [0.05, 0.1) is 29.9 Å². The Morgan fingerprint density at radius 2 is 1.84 bits per heavy atom. The number of hydrogen-bond donors (Lipinski definition) is 2. The van der Waals surface area contributed by atoms with Crippen LogP contribution in [0, 0.1) is 0 Å². The molecule has 31 heavy (non-hydrogen) atoms. The first-order valence-corrected chi connectivity index (χ1v) is 9.06. The number of hydrogen-bond acceptors (Lipinski definition) is 7. The molecule has 0 aliphatic carbocycles. The van der Waals surface area contributed by atoms with Crippen LogP contribution in [0.3, 0.4) is 0 Å². The smallest absolute Gasteiger partial charge is 0.434 e. The summed E-state index contributed by atoms with van der Waals surface area (Å²) in [6.45, 7) is 1.45. The van der Waals surface area contributed by atoms with Crippen molar-refractivity contribution in [3.05, 3.63) is 78.0 Å². The summed E-state index contributed by atoms with van der Waals surface area (Å²) in [6, 6.07) is 9.22. The van der Waals surface area contributed by atoms with Crippen molar-refractivity contribution in [2.24, 2.45) is 11.6 Å². The molecule has 1 aromatic carbocycles. The monoisotopic (exact) mass is 432 g/mol. The fraction of sp³-hybridized carbons (Fsp3) is 0.150. The number of alkyl halides is 3. The minimum absolute atomic E-state index is 0.0563. The van der Waals surface area contributed by atoms with Crippen LogP contribution >= 0.6 is 0 Å². The molecule has 0 saturated heterocycles. The van der Waals surface area contributed by atoms with Gasteiger partial charge in [-0.2, -0.15) is 18.3 Å². The molecule has 3 aromatic rings. The molecule has 11 heteroatoms. The molecule has 4 N–H and O–H groups in total. The lowest BCUT2D eigenvalue weighted by atomic mass is 10.1. The van der Waals surface area contributed by atoms with Crippen LogP contribution in [0.25, 0.3) is 11.4 Å². The van der Waals surface area contributed by atoms with E-state index in [1.165, 1.54) is 42.4 Å². The first-order valence-electron chi connectivity index (χ1n) is 9.06. The van der Waals surface area contributed by atoms with Crippen LogP contribution in [-0.2, 0) is 10.9 Å². The van der Waals surface area contributed by atoms with Crippen molar-refractivity contribution in [1.82, 2.24) is 14.8 Å². The molecule has 0 amide bonds. The van der Waals surface area contributed by atoms with Gasteiger partial charge in [0.25, 0.3) is 0 Å². The highest BCUT2D eigenvalue weighted by Crippen LogP contribution is 2.34. The van der Waals surface area contributed by atoms with Gasteiger partial charge in [0.2, 0.25) is 0 Å². The summed E-state index contributed by atoms with van der Waals surface area (Å²) in [4.78, 5) is 15.8. The van der Waals surface area contributed by atoms with Crippen molar-refractivity contribution < 1.29 is 22.7 Å². The van der Waals surface area contributed by atoms with Gasteiger partial charge in [-0.25, -0.2) is 15.3 Å². The Bertz CT molecular complexity index is 1080. The van der Waals surface area contributed by atoms with Crippen molar-refractivity contribution in [3.8, 4) is 5.69 Å². The lowest BCUT2D eigenvalue weighted by Crippen LogP contribution is -2.25. The summed E-state index contributed by atoms with van der Waals surface area (Å²) in [5.74, 6) is 4.85. The van der Waals surface area contributed by atoms with Gasteiger partial charge < -0.3 is 10.5 Å². The van der Waals surface area contributed by atoms with E-state index in [2.05, 4.69) is 10.1 Å². The van der Waals surface area contributed by atoms with E-state index in [1.807, 2.05) is 0 Å². The van der Waals surface area contributed by atoms with Crippen molar-refractivity contribution in [2.75, 3.05) is 11.6 Å². The third-order valence-corrected chi connectivity index (χ3v) is 4.22. The highest BCUT2D eigenvalue weighted by Gasteiger charge is 2.41. The molecule has 8 nitrogen and oxygen atoms in total. The van der Waals surface area contributed by atoms with E-state index >= 15 is 0 Å². The van der Waals surface area contributed by atoms with Crippen molar-refractivity contribution in [2.45, 2.75) is 13.1 Å². The van der Waals surface area contributed by atoms with Gasteiger partial charge in [-0.15, -0.1) is 0 Å². The van der Waals surface area contributed by atoms with Crippen LogP contribution in [0.5, 0.6) is 0 Å². The molecular weight excluding hydrogens is 413 g/mol. The molecule has 0 spiro atoms. The predicted octanol–water partition coefficient (Wildman–Crippen LogP) is 3.10. The Labute approximate surface area is 175 Å². The van der Waals surface area contributed by atoms with E-state index in [0.29, 0.717) is 15.9 Å². The van der Waals surface area contributed by atoms with Gasteiger partial charge in [-0.3, -0.25) is 9.99 Å². The average Bonchev–Trinajstić information content (AvgIpc) is 3.20. The molecule has 0 radical (unpaired) electrons. The number of aromatic nitrogens is 3. The number of anilines is 1. The summed E-state index contributed by atoms with van der Waals surface area (Å²) >= 11 is 0. The molecule has 2 aromatic heterocycles. The van der Waals surface area contributed by atoms with Crippen LogP contribution in [0.15, 0.2) is 61.2 Å². The van der Waals surface area contributed by atoms with Crippen LogP contribution in [0.1, 0.15) is 28.5 Å². The number of esters is 1. The third kappa shape index (κ3) is 4.83. The van der Waals surface area contributed by atoms with Gasteiger partial charge in [-0.05, 0) is 36.8 Å². The Balaban J connectivity index is 1.91. The van der Waals surface area contributed by atoms with Gasteiger partial charge in [0, 0.05) is 18.6 Å². The number of nitrogens with two attached hydrogens (primary N) is 2. The first-order chi connectivity index (χ1) is 14.7. The number of carbonyl (C=O) groups is 1. The summed E-state index contributed by atoms with van der Waals surface area (Å²) in [5.41, 5.74) is 5.74. The Morgan fingerprint density at radius 3 is 2.42 bits per heavy atom. The number of nitrogens with zero attached hydrogens (tertiary/aromatic N) is 4. The molecule has 0 saturated carbocycles. The molecular formula is C20H19F3N6O2. The second-order valence-corrected chi connectivity index (χ2v) is 6.28. The minimum atomic E-state index is -4.82. The molecule has 3 rings (SSSR count). The maximum Gasteiger partial charge on any atom is 0.434 e. The van der Waals surface area contributed by atoms with Crippen LogP contribution in [0.2, 0.25) is 0 Å². The Hall–Kier alpha value is -3.86. The third-order valence-electron chi connectivity index (χ3n) is 4.22. The average molecular weight is 432 g/mol. The molecule has 0 bridgehead atoms. The number of benzene rings is 1. The quantitative estimate of drug-likeness (QED) is 0.350. The van der Waals surface area contributed by atoms with Crippen LogP contribution in [0.4, 0.5) is 18.9 Å². The maximum atomic E-state index is 13.6. The van der Waals surface area contributed by atoms with E-state index in [9.17, 15) is 18.0 Å². The summed E-state index contributed by atoms with van der Waals surface area (Å²) in [6.07, 6.45) is 0.630. The number of rotatable bonds is 6. The summed E-state index contributed by atoms with van der Waals surface area (Å²) in [5, 5.41) is 5.03. The fourth-order valence-electron chi connectivity index (χ4n) is 2.79. The van der Waals surface area contributed by atoms with Crippen molar-refractivity contribution >= 4 is 17.4 Å². The fourth-order valence-corrected chi connectivity index (χ4v) is 2.79. The molecule has 0 aliphatic rings. The molecule has 2 heterocycles. The normalized spacial score (nSPS) is 12.0. The highest BCUT2D eigenvalue weighted by atomic mass is 19.4. The van der Waals surface area contributed by atoms with Crippen LogP contribution in [-0.4, -0.2) is 27.3 Å². The molecule has 0 atom stereocenters. The topological polar surface area (TPSA) is 112 Å². The van der Waals surface area contributed by atoms with E-state index in [-0.39, 0.29) is 18.0 Å². The zero-order valence-corrected chi connectivity index (χ0v) is 16.4. The molecule has 0 fully saturated rings. The predicted molar refractivity (Wildman–Crippen MR) is 108 cm³/mol. The van der Waals surface area contributed by atoms with E-state index in [4.69, 9.17) is 16.3 Å². The number of halogens is 3. The Morgan fingerprint density at radius 1 is 1.19 bits per heavy atom. The number of carbonyl (C=O) groups excluding carboxylic acids is 1. The van der Waals surface area contributed by atoms with E-state index in [1.54, 1.807) is 24.5 Å². The van der Waals surface area contributed by atoms with Gasteiger partial charge in [0.15, 0.2) is 5.69 Å². The standard InChI is InChI=1S/C20H19F3N6O2/c1-2-31-19(30)16-11-27-29(18(16)20(21,22)23)15-5-3-13(4-6-15)17(24)12-28(25)14-7-9-26-10-8-14/h3-12H,2,24-25H2,1H3/b17-12-. The SMILES string of the molecule is CCOC(=O)c1cnn(-c2ccc(/C(N)=C/N(N)c3ccncc3)cc2)c1C(F)(F)F. The summed E-state index contributed by atoms with van der Waals surface area (Å²) < 4.78 is 46.2. The minimum Gasteiger partial charge on any atom is -0.462 e. The summed E-state index contributed by atoms with van der Waals surface area (Å²) in [7, 11) is 0. The second kappa shape index (κ2) is 8.88. The number of pyridine rings is 1. The zero-order chi connectivity index (χ0) is 22.6. The second-order valence-electron chi connectivity index (χ2n) is 6.28. The number of hydrazine groups is 1. The van der Waals surface area contributed by atoms with Gasteiger partial charge >= 0.3 is 12.1 Å². The highest BCUT2D eigenvalue weighted by molar-refractivity contribution is 5.90. The lowest BCUT2D eigenvalue weighted by molar-refractivity contribution is -0.143. The van der Waals surface area contributed by atoms with Crippen LogP contribution < -0.4 is 16.6 Å². The van der Waals surface area contributed by atoms with Gasteiger partial charge in [0.1, 0.15) is 5.56 Å². The zero-order valence-electron chi connectivity index (χ0n) is 16.4. The maximum absolute atomic E-state index is 13.6. The molecule has 0 unspecified atom stereocenters. The van der Waals surface area contributed by atoms with Crippen molar-refractivity contribution in [3.63, 3.8) is 0 Å². The van der Waals surface area contributed by atoms with Crippen molar-refractivity contribution in [1.29, 1.82) is 0 Å². The Kier molecular flexibility index (Phi) is 6.25.